The summed E-state index contributed by atoms with van der Waals surface area (Å²) in [7, 11) is 0. The predicted molar refractivity (Wildman–Crippen MR) is 598 cm³/mol. The second kappa shape index (κ2) is 68.1. The van der Waals surface area contributed by atoms with Gasteiger partial charge in [0.2, 0.25) is 0 Å². The lowest BCUT2D eigenvalue weighted by Gasteiger charge is -2.37. The fourth-order valence-electron chi connectivity index (χ4n) is 31.1. The molecule has 0 radical (unpaired) electrons. The van der Waals surface area contributed by atoms with Crippen LogP contribution in [0, 0.1) is 180 Å². The van der Waals surface area contributed by atoms with E-state index in [0.29, 0.717) is 0 Å². The summed E-state index contributed by atoms with van der Waals surface area (Å²) in [5, 5.41) is 0. The largest absolute Gasteiger partial charge is 0.103 e. The summed E-state index contributed by atoms with van der Waals surface area (Å²) in [5.74, 6) is 29.6. The number of rotatable bonds is 29. The molecule has 0 spiro atoms. The average molecular weight is 1850 g/mol. The van der Waals surface area contributed by atoms with E-state index in [2.05, 4.69) is 183 Å². The lowest BCUT2D eigenvalue weighted by atomic mass is 9.68. The van der Waals surface area contributed by atoms with E-state index >= 15 is 0 Å². The Labute approximate surface area is 840 Å². The van der Waals surface area contributed by atoms with Crippen molar-refractivity contribution in [2.75, 3.05) is 0 Å². The highest BCUT2D eigenvalue weighted by atomic mass is 14.4. The second-order valence-corrected chi connectivity index (χ2v) is 51.2. The van der Waals surface area contributed by atoms with Crippen LogP contribution in [0.1, 0.15) is 569 Å². The summed E-state index contributed by atoms with van der Waals surface area (Å²) in [4.78, 5) is 0. The zero-order valence-corrected chi connectivity index (χ0v) is 92.8. The van der Waals surface area contributed by atoms with Gasteiger partial charge in [-0.15, -0.1) is 13.2 Å². The van der Waals surface area contributed by atoms with Crippen LogP contribution in [-0.2, 0) is 0 Å². The molecule has 2 aromatic carbocycles. The van der Waals surface area contributed by atoms with Crippen molar-refractivity contribution in [1.29, 1.82) is 0 Å². The van der Waals surface area contributed by atoms with Gasteiger partial charge in [-0.3, -0.25) is 0 Å². The van der Waals surface area contributed by atoms with E-state index in [1.165, 1.54) is 330 Å². The highest BCUT2D eigenvalue weighted by molar-refractivity contribution is 5.63. The Bertz CT molecular complexity index is 3060. The summed E-state index contributed by atoms with van der Waals surface area (Å²) in [6, 6.07) is 17.3. The Kier molecular flexibility index (Phi) is 58.5. The average Bonchev–Trinajstić information content (AvgIpc) is 0.790. The van der Waals surface area contributed by atoms with Crippen molar-refractivity contribution >= 4 is 0 Å². The molecule has 0 amide bonds. The van der Waals surface area contributed by atoms with Crippen LogP contribution < -0.4 is 0 Å². The molecule has 16 rings (SSSR count). The highest BCUT2D eigenvalue weighted by Gasteiger charge is 2.38. The zero-order valence-electron chi connectivity index (χ0n) is 92.8. The van der Waals surface area contributed by atoms with Crippen LogP contribution in [0.15, 0.2) is 86.0 Å². The predicted octanol–water partition coefficient (Wildman–Crippen LogP) is 44.4. The first kappa shape index (κ1) is 115. The van der Waals surface area contributed by atoms with Gasteiger partial charge in [0.25, 0.3) is 0 Å². The number of unbranched alkanes of at least 4 members (excludes halogenated alkanes) is 5. The molecular weight excluding hydrogens is 1610 g/mol. The van der Waals surface area contributed by atoms with Crippen LogP contribution in [0.4, 0.5) is 0 Å². The van der Waals surface area contributed by atoms with Crippen molar-refractivity contribution in [3.05, 3.63) is 97.1 Å². The number of allylic oxidation sites excluding steroid dienone is 4. The molecule has 14 saturated carbocycles. The van der Waals surface area contributed by atoms with E-state index in [-0.39, 0.29) is 0 Å². The van der Waals surface area contributed by atoms with Crippen LogP contribution >= 0.6 is 0 Å². The Balaban J connectivity index is 0.000000172. The molecule has 0 atom stereocenters. The van der Waals surface area contributed by atoms with Gasteiger partial charge in [0, 0.05) is 0 Å². The first-order valence-electron chi connectivity index (χ1n) is 62.4. The van der Waals surface area contributed by atoms with Crippen LogP contribution in [0.25, 0.3) is 11.1 Å². The molecule has 0 nitrogen and oxygen atoms in total. The molecular formula is C134H234. The SMILES string of the molecule is C/C=C/C1CCC(C2CCC(CCC)CC2)CC1.C=CC1CCC(C2CCC(CCC)CC2)CC1.C=CC1CCC(C2CCC(CCCCC)CC2)CC1.CCC1CCC(C2CCC(C)CC2)CC1.CCCC1CCC(C2CCC(C)CC2)CC1.CCCCC1CCC(C2CCC(C)CC2)CC1.CCCCCC1CCC(C2CCC(C)CC2)CC1.Cc1ccc(-c2ccc(C)cc2)cc1. The maximum absolute atomic E-state index is 3.97. The van der Waals surface area contributed by atoms with Gasteiger partial charge in [0.1, 0.15) is 0 Å². The summed E-state index contributed by atoms with van der Waals surface area (Å²) in [5.41, 5.74) is 5.19. The van der Waals surface area contributed by atoms with Crippen molar-refractivity contribution in [3.8, 4) is 11.1 Å². The molecule has 14 aliphatic rings. The lowest BCUT2D eigenvalue weighted by molar-refractivity contribution is 0.146. The minimum absolute atomic E-state index is 0.835. The van der Waals surface area contributed by atoms with Crippen molar-refractivity contribution in [2.24, 2.45) is 166 Å². The molecule has 0 N–H and O–H groups in total. The summed E-state index contributed by atoms with van der Waals surface area (Å²) >= 11 is 0. The van der Waals surface area contributed by atoms with Gasteiger partial charge in [-0.2, -0.15) is 0 Å². The molecule has 134 heavy (non-hydrogen) atoms. The number of aryl methyl sites for hydroxylation is 2. The van der Waals surface area contributed by atoms with Crippen LogP contribution in [0.2, 0.25) is 0 Å². The normalized spacial score (nSPS) is 35.9. The fraction of sp³-hybridized carbons (Fsp3) is 0.866. The van der Waals surface area contributed by atoms with Crippen LogP contribution in [-0.4, -0.2) is 0 Å². The molecule has 770 valence electrons. The molecule has 0 heteroatoms. The zero-order chi connectivity index (χ0) is 95.3. The van der Waals surface area contributed by atoms with E-state index in [0.717, 1.165) is 166 Å². The van der Waals surface area contributed by atoms with E-state index in [4.69, 9.17) is 0 Å². The molecule has 14 fully saturated rings. The summed E-state index contributed by atoms with van der Waals surface area (Å²) in [6.45, 7) is 40.4. The maximum Gasteiger partial charge on any atom is -0.0184 e. The molecule has 14 aliphatic carbocycles. The standard InChI is InChI=1S/C19H34.C18H34.C18H32.C17H32.C17H30.C16H30.C15H28.C14H14/c1-3-5-6-7-17-10-14-19(15-11-17)18-12-8-16(4-2)9-13-18;1-3-4-5-6-16-9-13-18(14-10-16)17-11-7-15(2)8-12-17;1-3-5-15-7-11-17(12-8-15)18-13-9-16(6-4-2)10-14-18;1-3-4-5-15-8-12-17(13-9-15)16-10-6-14(2)7-11-16;1-3-5-15-8-12-17(13-9-15)16-10-6-14(4-2)7-11-16;1-3-4-14-7-11-16(12-8-14)15-9-5-13(2)6-10-15;1-3-13-6-10-15(11-7-13)14-8-4-12(2)5-9-14;1-11-3-7-13(8-4-11)14-9-5-12(2)6-10-14/h4,16-19H,2-3,5-15H2,1H3;15-18H,3-14H2,1-2H3;3,5,15-18H,4,6-14H2,1-2H3;14-17H,3-13H2,1-2H3;4,14-17H,2-3,5-13H2,1H3;13-16H,3-12H2,1-2H3;12-15H,3-11H2,1-2H3;3-10H,1-2H3/b;;5-3+;;;;;. The molecule has 0 aliphatic heterocycles. The van der Waals surface area contributed by atoms with Gasteiger partial charge in [0.05, 0.1) is 0 Å². The number of hydrogen-bond donors (Lipinski definition) is 0. The third-order valence-electron chi connectivity index (χ3n) is 41.2. The van der Waals surface area contributed by atoms with Crippen molar-refractivity contribution < 1.29 is 0 Å². The highest BCUT2D eigenvalue weighted by Crippen LogP contribution is 2.51. The monoisotopic (exact) mass is 1840 g/mol. The lowest BCUT2D eigenvalue weighted by Crippen LogP contribution is -2.25. The van der Waals surface area contributed by atoms with Crippen molar-refractivity contribution in [3.63, 3.8) is 0 Å². The molecule has 0 aromatic heterocycles. The first-order valence-corrected chi connectivity index (χ1v) is 62.4. The minimum Gasteiger partial charge on any atom is -0.103 e. The van der Waals surface area contributed by atoms with E-state index in [1.54, 1.807) is 167 Å². The van der Waals surface area contributed by atoms with Gasteiger partial charge in [-0.25, -0.2) is 0 Å². The Morgan fingerprint density at radius 3 is 0.590 bits per heavy atom. The molecule has 0 heterocycles. The number of hydrogen-bond acceptors (Lipinski definition) is 0. The molecule has 0 bridgehead atoms. The van der Waals surface area contributed by atoms with Gasteiger partial charge in [-0.1, -0.05) is 417 Å². The topological polar surface area (TPSA) is 0 Å². The quantitative estimate of drug-likeness (QED) is 0.0563. The third-order valence-corrected chi connectivity index (χ3v) is 41.2. The molecule has 0 saturated heterocycles. The van der Waals surface area contributed by atoms with Crippen LogP contribution in [0.5, 0.6) is 0 Å². The van der Waals surface area contributed by atoms with Gasteiger partial charge < -0.3 is 0 Å². The molecule has 0 unspecified atom stereocenters. The smallest absolute Gasteiger partial charge is 0.0184 e. The number of benzene rings is 2. The Morgan fingerprint density at radius 2 is 0.396 bits per heavy atom. The summed E-state index contributed by atoms with van der Waals surface area (Å²) < 4.78 is 0. The fourth-order valence-corrected chi connectivity index (χ4v) is 31.1. The maximum atomic E-state index is 3.97. The van der Waals surface area contributed by atoms with Gasteiger partial charge in [-0.05, 0) is 416 Å². The van der Waals surface area contributed by atoms with Crippen molar-refractivity contribution in [2.45, 2.75) is 572 Å². The van der Waals surface area contributed by atoms with E-state index in [1.807, 2.05) is 0 Å². The third kappa shape index (κ3) is 43.7. The van der Waals surface area contributed by atoms with Crippen molar-refractivity contribution in [1.82, 2.24) is 0 Å². The van der Waals surface area contributed by atoms with Crippen LogP contribution in [0.3, 0.4) is 0 Å². The second-order valence-electron chi connectivity index (χ2n) is 51.2. The van der Waals surface area contributed by atoms with Gasteiger partial charge >= 0.3 is 0 Å². The van der Waals surface area contributed by atoms with E-state index in [9.17, 15) is 0 Å². The Morgan fingerprint density at radius 1 is 0.209 bits per heavy atom. The van der Waals surface area contributed by atoms with Gasteiger partial charge in [0.15, 0.2) is 0 Å². The Hall–Kier alpha value is -2.34. The first-order chi connectivity index (χ1) is 65.4. The van der Waals surface area contributed by atoms with E-state index < -0.39 is 0 Å². The summed E-state index contributed by atoms with van der Waals surface area (Å²) in [6.07, 6.45) is 121. The minimum atomic E-state index is 0.835. The molecule has 2 aromatic rings.